The molecule has 0 aliphatic heterocycles. The summed E-state index contributed by atoms with van der Waals surface area (Å²) in [6.45, 7) is 17.3. The zero-order valence-corrected chi connectivity index (χ0v) is 17.2. The van der Waals surface area contributed by atoms with Crippen molar-refractivity contribution < 1.29 is 4.57 Å². The van der Waals surface area contributed by atoms with Crippen LogP contribution in [-0.4, -0.2) is 0 Å². The van der Waals surface area contributed by atoms with Crippen molar-refractivity contribution in [3.8, 4) is 0 Å². The second kappa shape index (κ2) is 6.45. The third-order valence-electron chi connectivity index (χ3n) is 4.59. The van der Waals surface area contributed by atoms with E-state index in [9.17, 15) is 4.57 Å². The van der Waals surface area contributed by atoms with E-state index in [1.165, 1.54) is 11.1 Å². The van der Waals surface area contributed by atoms with Crippen LogP contribution in [-0.2, 0) is 15.4 Å². The molecule has 24 heavy (non-hydrogen) atoms. The zero-order chi connectivity index (χ0) is 18.3. The first-order valence-corrected chi connectivity index (χ1v) is 9.87. The van der Waals surface area contributed by atoms with Gasteiger partial charge in [0.05, 0.1) is 0 Å². The van der Waals surface area contributed by atoms with Crippen LogP contribution < -0.4 is 10.6 Å². The highest BCUT2D eigenvalue weighted by molar-refractivity contribution is 7.61. The van der Waals surface area contributed by atoms with Gasteiger partial charge >= 0.3 is 7.80 Å². The summed E-state index contributed by atoms with van der Waals surface area (Å²) < 4.78 is 13.4. The summed E-state index contributed by atoms with van der Waals surface area (Å²) >= 11 is 0. The molecule has 0 atom stereocenters. The Bertz CT molecular complexity index is 708. The van der Waals surface area contributed by atoms with E-state index in [2.05, 4.69) is 91.8 Å². The van der Waals surface area contributed by atoms with Crippen molar-refractivity contribution in [2.75, 3.05) is 0 Å². The van der Waals surface area contributed by atoms with E-state index < -0.39 is 7.80 Å². The molecule has 0 fully saturated rings. The normalized spacial score (nSPS) is 12.3. The first kappa shape index (κ1) is 18.9. The Morgan fingerprint density at radius 2 is 1.00 bits per heavy atom. The fourth-order valence-corrected chi connectivity index (χ4v) is 4.28. The zero-order valence-electron chi connectivity index (χ0n) is 16.3. The van der Waals surface area contributed by atoms with Gasteiger partial charge in [0.25, 0.3) is 0 Å². The van der Waals surface area contributed by atoms with E-state index in [4.69, 9.17) is 0 Å². The minimum absolute atomic E-state index is 0.0565. The molecule has 0 N–H and O–H groups in total. The third-order valence-corrected chi connectivity index (χ3v) is 6.43. The summed E-state index contributed by atoms with van der Waals surface area (Å²) in [5, 5.41) is 1.93. The quantitative estimate of drug-likeness (QED) is 0.643. The maximum Gasteiger partial charge on any atom is 0.415 e. The topological polar surface area (TPSA) is 17.1 Å². The van der Waals surface area contributed by atoms with Gasteiger partial charge in [-0.1, -0.05) is 70.4 Å². The molecule has 0 aliphatic carbocycles. The van der Waals surface area contributed by atoms with Crippen LogP contribution in [0.4, 0.5) is 0 Å². The first-order valence-electron chi connectivity index (χ1n) is 8.61. The molecule has 0 aliphatic rings. The van der Waals surface area contributed by atoms with Crippen LogP contribution in [0.5, 0.6) is 0 Å². The van der Waals surface area contributed by atoms with Gasteiger partial charge in [-0.2, -0.15) is 0 Å². The average Bonchev–Trinajstić information content (AvgIpc) is 2.45. The van der Waals surface area contributed by atoms with Gasteiger partial charge in [0.1, 0.15) is 0 Å². The van der Waals surface area contributed by atoms with Gasteiger partial charge in [-0.25, -0.2) is 0 Å². The Morgan fingerprint density at radius 1 is 0.667 bits per heavy atom. The maximum atomic E-state index is 13.4. The smallest absolute Gasteiger partial charge is 0.0613 e. The highest BCUT2D eigenvalue weighted by Gasteiger charge is 2.31. The van der Waals surface area contributed by atoms with Crippen LogP contribution in [0.15, 0.2) is 36.4 Å². The van der Waals surface area contributed by atoms with Crippen molar-refractivity contribution in [3.63, 3.8) is 0 Å². The van der Waals surface area contributed by atoms with Crippen LogP contribution in [0.3, 0.4) is 0 Å². The molecule has 128 valence electrons. The van der Waals surface area contributed by atoms with E-state index in [1.54, 1.807) is 0 Å². The van der Waals surface area contributed by atoms with Crippen molar-refractivity contribution in [2.45, 2.75) is 66.2 Å². The predicted octanol–water partition coefficient (Wildman–Crippen LogP) is 5.68. The van der Waals surface area contributed by atoms with E-state index in [1.807, 2.05) is 0 Å². The molecule has 0 aromatic heterocycles. The molecule has 0 radical (unpaired) electrons. The largest absolute Gasteiger partial charge is 0.415 e. The van der Waals surface area contributed by atoms with Crippen LogP contribution in [0, 0.1) is 13.8 Å². The lowest BCUT2D eigenvalue weighted by atomic mass is 9.87. The molecule has 2 heteroatoms. The minimum atomic E-state index is -1.59. The van der Waals surface area contributed by atoms with Gasteiger partial charge in [-0.15, -0.1) is 0 Å². The highest BCUT2D eigenvalue weighted by Crippen LogP contribution is 2.30. The molecule has 2 aromatic rings. The van der Waals surface area contributed by atoms with Gasteiger partial charge in [-0.3, -0.25) is 0 Å². The molecule has 2 rings (SSSR count). The fourth-order valence-electron chi connectivity index (χ4n) is 2.72. The monoisotopic (exact) mass is 341 g/mol. The first-order chi connectivity index (χ1) is 10.9. The summed E-state index contributed by atoms with van der Waals surface area (Å²) in [5.74, 6) is 0. The molecule has 0 unspecified atom stereocenters. The number of hydrogen-bond acceptors (Lipinski definition) is 1. The maximum absolute atomic E-state index is 13.4. The number of rotatable bonds is 2. The van der Waals surface area contributed by atoms with E-state index in [-0.39, 0.29) is 10.8 Å². The SMILES string of the molecule is Cc1ccc(C(C)(C)C)cc1[P+](=O)c1cc(C(C)(C)C)ccc1C. The summed E-state index contributed by atoms with van der Waals surface area (Å²) in [7, 11) is -1.59. The molecular formula is C22H30OP+. The Morgan fingerprint density at radius 3 is 1.29 bits per heavy atom. The second-order valence-corrected chi connectivity index (χ2v) is 10.3. The lowest BCUT2D eigenvalue weighted by Crippen LogP contribution is -2.19. The molecule has 1 nitrogen and oxygen atoms in total. The van der Waals surface area contributed by atoms with E-state index in [0.717, 1.165) is 21.7 Å². The Kier molecular flexibility index (Phi) is 5.07. The van der Waals surface area contributed by atoms with Crippen molar-refractivity contribution >= 4 is 18.4 Å². The van der Waals surface area contributed by atoms with E-state index in [0.29, 0.717) is 0 Å². The molecule has 0 heterocycles. The molecule has 0 bridgehead atoms. The molecule has 2 aromatic carbocycles. The summed E-state index contributed by atoms with van der Waals surface area (Å²) in [6.07, 6.45) is 0. The standard InChI is InChI=1S/C22H30OP/c1-15-9-11-17(21(3,4)5)13-19(15)24(23)20-14-18(22(6,7)8)12-10-16(20)2/h9-14H,1-8H3/q+1. The molecular weight excluding hydrogens is 311 g/mol. The van der Waals surface area contributed by atoms with Gasteiger partial charge < -0.3 is 0 Å². The highest BCUT2D eigenvalue weighted by atomic mass is 31.1. The van der Waals surface area contributed by atoms with Crippen LogP contribution >= 0.6 is 7.80 Å². The van der Waals surface area contributed by atoms with Crippen LogP contribution in [0.2, 0.25) is 0 Å². The minimum Gasteiger partial charge on any atom is -0.0613 e. The van der Waals surface area contributed by atoms with Crippen LogP contribution in [0.1, 0.15) is 63.8 Å². The summed E-state index contributed by atoms with van der Waals surface area (Å²) in [5.41, 5.74) is 4.78. The molecule has 0 spiro atoms. The van der Waals surface area contributed by atoms with Crippen molar-refractivity contribution in [1.82, 2.24) is 0 Å². The van der Waals surface area contributed by atoms with Gasteiger partial charge in [0.2, 0.25) is 0 Å². The molecule has 0 saturated heterocycles. The lowest BCUT2D eigenvalue weighted by molar-refractivity contribution is 0.589. The van der Waals surface area contributed by atoms with Crippen LogP contribution in [0.25, 0.3) is 0 Å². The summed E-state index contributed by atoms with van der Waals surface area (Å²) in [6, 6.07) is 12.8. The Hall–Kier alpha value is -1.46. The Labute approximate surface area is 148 Å². The van der Waals surface area contributed by atoms with E-state index >= 15 is 0 Å². The second-order valence-electron chi connectivity index (χ2n) is 8.80. The van der Waals surface area contributed by atoms with Crippen molar-refractivity contribution in [1.29, 1.82) is 0 Å². The summed E-state index contributed by atoms with van der Waals surface area (Å²) in [4.78, 5) is 0. The number of hydrogen-bond donors (Lipinski definition) is 0. The predicted molar refractivity (Wildman–Crippen MR) is 107 cm³/mol. The lowest BCUT2D eigenvalue weighted by Gasteiger charge is -2.19. The van der Waals surface area contributed by atoms with Gasteiger partial charge in [0, 0.05) is 11.1 Å². The van der Waals surface area contributed by atoms with Crippen molar-refractivity contribution in [3.05, 3.63) is 58.7 Å². The molecule has 0 saturated carbocycles. The van der Waals surface area contributed by atoms with Gasteiger partial charge in [0.15, 0.2) is 10.6 Å². The Balaban J connectivity index is 2.57. The number of aryl methyl sites for hydroxylation is 2. The number of benzene rings is 2. The average molecular weight is 341 g/mol. The third kappa shape index (κ3) is 3.95. The van der Waals surface area contributed by atoms with Gasteiger partial charge in [-0.05, 0) is 47.9 Å². The fraction of sp³-hybridized carbons (Fsp3) is 0.455. The molecule has 0 amide bonds. The van der Waals surface area contributed by atoms with Crippen molar-refractivity contribution in [2.24, 2.45) is 0 Å².